The third kappa shape index (κ3) is 2.05. The van der Waals surface area contributed by atoms with Crippen molar-refractivity contribution in [3.05, 3.63) is 35.4 Å². The molecule has 0 radical (unpaired) electrons. The fourth-order valence-corrected chi connectivity index (χ4v) is 2.31. The number of hydrogen-bond donors (Lipinski definition) is 1. The van der Waals surface area contributed by atoms with E-state index < -0.39 is 0 Å². The van der Waals surface area contributed by atoms with Crippen LogP contribution in [-0.2, 0) is 5.41 Å². The first-order valence-electron chi connectivity index (χ1n) is 5.61. The summed E-state index contributed by atoms with van der Waals surface area (Å²) < 4.78 is 13.3. The molecule has 0 saturated carbocycles. The molecule has 1 aliphatic rings. The Bertz CT molecular complexity index is 312. The van der Waals surface area contributed by atoms with Gasteiger partial charge in [0.1, 0.15) is 0 Å². The molecule has 1 saturated heterocycles. The zero-order valence-corrected chi connectivity index (χ0v) is 9.22. The highest BCUT2D eigenvalue weighted by Crippen LogP contribution is 2.33. The summed E-state index contributed by atoms with van der Waals surface area (Å²) in [6.07, 6.45) is 1.82. The van der Waals surface area contributed by atoms with Gasteiger partial charge in [-0.25, -0.2) is 0 Å². The van der Waals surface area contributed by atoms with Crippen LogP contribution in [0.5, 0.6) is 0 Å². The normalized spacial score (nSPS) is 20.1. The van der Waals surface area contributed by atoms with Crippen molar-refractivity contribution >= 4 is 0 Å². The van der Waals surface area contributed by atoms with E-state index >= 15 is 0 Å². The third-order valence-corrected chi connectivity index (χ3v) is 3.48. The Morgan fingerprint density at radius 3 is 2.33 bits per heavy atom. The van der Waals surface area contributed by atoms with Crippen molar-refractivity contribution in [2.75, 3.05) is 19.8 Å². The van der Waals surface area contributed by atoms with E-state index in [1.165, 1.54) is 5.56 Å². The topological polar surface area (TPSA) is 12.0 Å². The van der Waals surface area contributed by atoms with Gasteiger partial charge in [0, 0.05) is 5.41 Å². The van der Waals surface area contributed by atoms with Crippen molar-refractivity contribution < 1.29 is 4.39 Å². The second kappa shape index (κ2) is 4.31. The average molecular weight is 207 g/mol. The van der Waals surface area contributed by atoms with Crippen LogP contribution in [0.2, 0.25) is 0 Å². The Morgan fingerprint density at radius 2 is 1.80 bits per heavy atom. The quantitative estimate of drug-likeness (QED) is 0.786. The number of piperidine rings is 1. The minimum atomic E-state index is -0.238. The van der Waals surface area contributed by atoms with Gasteiger partial charge in [-0.1, -0.05) is 29.8 Å². The maximum absolute atomic E-state index is 13.3. The first-order chi connectivity index (χ1) is 7.27. The summed E-state index contributed by atoms with van der Waals surface area (Å²) >= 11 is 0. The molecule has 0 aliphatic carbocycles. The highest BCUT2D eigenvalue weighted by molar-refractivity contribution is 5.29. The summed E-state index contributed by atoms with van der Waals surface area (Å²) in [6, 6.07) is 8.32. The van der Waals surface area contributed by atoms with Gasteiger partial charge in [0.25, 0.3) is 0 Å². The highest BCUT2D eigenvalue weighted by Gasteiger charge is 2.33. The minimum absolute atomic E-state index is 0.223. The molecular formula is C13H18FN. The molecule has 0 spiro atoms. The van der Waals surface area contributed by atoms with Crippen LogP contribution in [0.25, 0.3) is 0 Å². The molecule has 2 rings (SSSR count). The molecule has 1 heterocycles. The minimum Gasteiger partial charge on any atom is -0.317 e. The molecule has 1 aliphatic heterocycles. The van der Waals surface area contributed by atoms with E-state index in [2.05, 4.69) is 36.5 Å². The molecule has 0 aromatic heterocycles. The molecule has 0 atom stereocenters. The van der Waals surface area contributed by atoms with E-state index in [0.717, 1.165) is 31.5 Å². The van der Waals surface area contributed by atoms with Gasteiger partial charge in [0.2, 0.25) is 0 Å². The van der Waals surface area contributed by atoms with Gasteiger partial charge < -0.3 is 5.32 Å². The summed E-state index contributed by atoms with van der Waals surface area (Å²) in [5, 5.41) is 3.29. The molecule has 1 aromatic rings. The largest absolute Gasteiger partial charge is 0.317 e. The van der Waals surface area contributed by atoms with Gasteiger partial charge in [-0.2, -0.15) is 0 Å². The van der Waals surface area contributed by atoms with Crippen LogP contribution in [0.1, 0.15) is 24.0 Å². The molecule has 0 bridgehead atoms. The Hall–Kier alpha value is -0.890. The fourth-order valence-electron chi connectivity index (χ4n) is 2.31. The van der Waals surface area contributed by atoms with Crippen LogP contribution in [0.4, 0.5) is 4.39 Å². The Kier molecular flexibility index (Phi) is 3.06. The molecule has 82 valence electrons. The van der Waals surface area contributed by atoms with E-state index in [1.807, 2.05) is 0 Å². The monoisotopic (exact) mass is 207 g/mol. The SMILES string of the molecule is Cc1ccc(C2(CF)CCNCC2)cc1. The molecule has 1 aromatic carbocycles. The van der Waals surface area contributed by atoms with Crippen molar-refractivity contribution in [2.45, 2.75) is 25.2 Å². The molecule has 0 unspecified atom stereocenters. The third-order valence-electron chi connectivity index (χ3n) is 3.48. The van der Waals surface area contributed by atoms with Crippen molar-refractivity contribution in [1.82, 2.24) is 5.32 Å². The van der Waals surface area contributed by atoms with Crippen LogP contribution in [-0.4, -0.2) is 19.8 Å². The summed E-state index contributed by atoms with van der Waals surface area (Å²) in [5.41, 5.74) is 2.18. The summed E-state index contributed by atoms with van der Waals surface area (Å²) in [4.78, 5) is 0. The summed E-state index contributed by atoms with van der Waals surface area (Å²) in [7, 11) is 0. The maximum Gasteiger partial charge on any atom is 0.0991 e. The van der Waals surface area contributed by atoms with E-state index in [0.29, 0.717) is 0 Å². The molecular weight excluding hydrogens is 189 g/mol. The number of nitrogens with one attached hydrogen (secondary N) is 1. The number of rotatable bonds is 2. The molecule has 1 fully saturated rings. The lowest BCUT2D eigenvalue weighted by Gasteiger charge is -2.35. The van der Waals surface area contributed by atoms with Crippen LogP contribution in [0, 0.1) is 6.92 Å². The Morgan fingerprint density at radius 1 is 1.20 bits per heavy atom. The van der Waals surface area contributed by atoms with Gasteiger partial charge >= 0.3 is 0 Å². The van der Waals surface area contributed by atoms with Gasteiger partial charge in [-0.15, -0.1) is 0 Å². The molecule has 2 heteroatoms. The molecule has 0 amide bonds. The highest BCUT2D eigenvalue weighted by atomic mass is 19.1. The van der Waals surface area contributed by atoms with E-state index in [1.54, 1.807) is 0 Å². The van der Waals surface area contributed by atoms with E-state index in [4.69, 9.17) is 0 Å². The smallest absolute Gasteiger partial charge is 0.0991 e. The van der Waals surface area contributed by atoms with Crippen LogP contribution >= 0.6 is 0 Å². The van der Waals surface area contributed by atoms with Crippen LogP contribution in [0.3, 0.4) is 0 Å². The van der Waals surface area contributed by atoms with Gasteiger partial charge in [-0.3, -0.25) is 4.39 Å². The number of benzene rings is 1. The van der Waals surface area contributed by atoms with E-state index in [9.17, 15) is 4.39 Å². The van der Waals surface area contributed by atoms with Crippen molar-refractivity contribution in [3.8, 4) is 0 Å². The lowest BCUT2D eigenvalue weighted by molar-refractivity contribution is 0.237. The van der Waals surface area contributed by atoms with Gasteiger partial charge in [0.05, 0.1) is 6.67 Å². The first kappa shape index (κ1) is 10.6. The summed E-state index contributed by atoms with van der Waals surface area (Å²) in [5.74, 6) is 0. The van der Waals surface area contributed by atoms with Crippen LogP contribution in [0.15, 0.2) is 24.3 Å². The number of halogens is 1. The van der Waals surface area contributed by atoms with E-state index in [-0.39, 0.29) is 12.1 Å². The Balaban J connectivity index is 2.28. The molecule has 1 N–H and O–H groups in total. The van der Waals surface area contributed by atoms with Gasteiger partial charge in [0.15, 0.2) is 0 Å². The predicted molar refractivity (Wildman–Crippen MR) is 60.9 cm³/mol. The number of alkyl halides is 1. The van der Waals surface area contributed by atoms with Gasteiger partial charge in [-0.05, 0) is 38.4 Å². The number of hydrogen-bond acceptors (Lipinski definition) is 1. The lowest BCUT2D eigenvalue weighted by Crippen LogP contribution is -2.41. The first-order valence-corrected chi connectivity index (χ1v) is 5.61. The second-order valence-electron chi connectivity index (χ2n) is 4.53. The zero-order valence-electron chi connectivity index (χ0n) is 9.22. The fraction of sp³-hybridized carbons (Fsp3) is 0.538. The molecule has 1 nitrogen and oxygen atoms in total. The predicted octanol–water partition coefficient (Wildman–Crippen LogP) is 2.59. The van der Waals surface area contributed by atoms with Crippen LogP contribution < -0.4 is 5.32 Å². The van der Waals surface area contributed by atoms with Crippen molar-refractivity contribution in [3.63, 3.8) is 0 Å². The zero-order chi connectivity index (χ0) is 10.7. The lowest BCUT2D eigenvalue weighted by atomic mass is 9.74. The van der Waals surface area contributed by atoms with Crippen molar-refractivity contribution in [1.29, 1.82) is 0 Å². The average Bonchev–Trinajstić information content (AvgIpc) is 2.31. The standard InChI is InChI=1S/C13H18FN/c1-11-2-4-12(5-3-11)13(10-14)6-8-15-9-7-13/h2-5,15H,6-10H2,1H3. The maximum atomic E-state index is 13.3. The summed E-state index contributed by atoms with van der Waals surface area (Å²) in [6.45, 7) is 3.68. The van der Waals surface area contributed by atoms with Crippen molar-refractivity contribution in [2.24, 2.45) is 0 Å². The second-order valence-corrected chi connectivity index (χ2v) is 4.53. The molecule has 15 heavy (non-hydrogen) atoms. The number of aryl methyl sites for hydroxylation is 1. The Labute approximate surface area is 90.7 Å².